The van der Waals surface area contributed by atoms with Crippen molar-refractivity contribution in [2.45, 2.75) is 13.3 Å². The number of nitrogens with one attached hydrogen (secondary N) is 1. The van der Waals surface area contributed by atoms with Crippen LogP contribution < -0.4 is 14.9 Å². The van der Waals surface area contributed by atoms with Gasteiger partial charge in [0.2, 0.25) is 5.91 Å². The maximum Gasteiger partial charge on any atom is 0.344 e. The number of para-hydroxylation sites is 1. The Kier molecular flexibility index (Phi) is 8.94. The highest BCUT2D eigenvalue weighted by Gasteiger charge is 2.15. The number of rotatable bonds is 10. The van der Waals surface area contributed by atoms with Crippen LogP contribution in [0, 0.1) is 10.1 Å². The summed E-state index contributed by atoms with van der Waals surface area (Å²) in [5.74, 6) is -0.351. The third-order valence-corrected chi connectivity index (χ3v) is 4.55. The number of hydrogen-bond donors (Lipinski definition) is 1. The van der Waals surface area contributed by atoms with E-state index in [1.807, 2.05) is 0 Å². The molecule has 0 radical (unpaired) electrons. The molecule has 0 unspecified atom stereocenters. The molecular weight excluding hydrogens is 474 g/mol. The molecule has 0 saturated carbocycles. The number of esters is 1. The van der Waals surface area contributed by atoms with Gasteiger partial charge in [0.15, 0.2) is 18.1 Å². The summed E-state index contributed by atoms with van der Waals surface area (Å²) in [6.45, 7) is 1.68. The van der Waals surface area contributed by atoms with Gasteiger partial charge in [-0.3, -0.25) is 14.9 Å². The molecule has 10 nitrogen and oxygen atoms in total. The maximum absolute atomic E-state index is 12.1. The molecule has 0 bridgehead atoms. The lowest BCUT2D eigenvalue weighted by atomic mass is 10.1. The fraction of sp³-hybridized carbons (Fsp3) is 0.250. The van der Waals surface area contributed by atoms with Crippen LogP contribution in [0.2, 0.25) is 0 Å². The van der Waals surface area contributed by atoms with Crippen molar-refractivity contribution in [2.75, 3.05) is 20.3 Å². The number of carbonyl (C=O) groups is 2. The van der Waals surface area contributed by atoms with Crippen molar-refractivity contribution >= 4 is 39.7 Å². The first-order valence-electron chi connectivity index (χ1n) is 9.05. The van der Waals surface area contributed by atoms with Crippen LogP contribution in [0.25, 0.3) is 0 Å². The molecule has 2 rings (SSSR count). The molecule has 164 valence electrons. The van der Waals surface area contributed by atoms with Crippen LogP contribution in [0.4, 0.5) is 5.69 Å². The molecule has 1 N–H and O–H groups in total. The zero-order valence-corrected chi connectivity index (χ0v) is 18.4. The highest BCUT2D eigenvalue weighted by atomic mass is 79.9. The molecule has 2 aromatic rings. The van der Waals surface area contributed by atoms with Crippen LogP contribution in [-0.2, 0) is 20.7 Å². The molecule has 2 aromatic carbocycles. The largest absolute Gasteiger partial charge is 0.493 e. The first kappa shape index (κ1) is 23.8. The van der Waals surface area contributed by atoms with Gasteiger partial charge < -0.3 is 14.2 Å². The van der Waals surface area contributed by atoms with Crippen molar-refractivity contribution in [2.24, 2.45) is 5.10 Å². The summed E-state index contributed by atoms with van der Waals surface area (Å²) in [5.41, 5.74) is 3.05. The number of methoxy groups -OCH3 is 1. The number of amides is 1. The second-order valence-corrected chi connectivity index (χ2v) is 6.83. The molecule has 0 aliphatic rings. The Balaban J connectivity index is 2.04. The van der Waals surface area contributed by atoms with Crippen molar-refractivity contribution < 1.29 is 28.7 Å². The van der Waals surface area contributed by atoms with Crippen molar-refractivity contribution in [3.8, 4) is 11.5 Å². The average molecular weight is 494 g/mol. The zero-order valence-electron chi connectivity index (χ0n) is 16.8. The fourth-order valence-corrected chi connectivity index (χ4v) is 2.91. The van der Waals surface area contributed by atoms with Gasteiger partial charge in [-0.15, -0.1) is 0 Å². The summed E-state index contributed by atoms with van der Waals surface area (Å²) in [6, 6.07) is 9.19. The summed E-state index contributed by atoms with van der Waals surface area (Å²) in [5, 5.41) is 14.9. The van der Waals surface area contributed by atoms with Crippen molar-refractivity contribution in [1.82, 2.24) is 5.43 Å². The van der Waals surface area contributed by atoms with Crippen LogP contribution in [0.5, 0.6) is 11.5 Å². The minimum atomic E-state index is -0.541. The Labute approximate surface area is 186 Å². The summed E-state index contributed by atoms with van der Waals surface area (Å²) in [7, 11) is 1.44. The normalized spacial score (nSPS) is 10.5. The molecule has 31 heavy (non-hydrogen) atoms. The molecule has 0 aromatic heterocycles. The smallest absolute Gasteiger partial charge is 0.344 e. The lowest BCUT2D eigenvalue weighted by molar-refractivity contribution is -0.385. The van der Waals surface area contributed by atoms with Gasteiger partial charge in [-0.2, -0.15) is 5.10 Å². The maximum atomic E-state index is 12.1. The van der Waals surface area contributed by atoms with E-state index >= 15 is 0 Å². The molecule has 0 fully saturated rings. The predicted octanol–water partition coefficient (Wildman–Crippen LogP) is 3.00. The molecule has 0 saturated heterocycles. The van der Waals surface area contributed by atoms with E-state index in [2.05, 4.69) is 26.5 Å². The Bertz CT molecular complexity index is 995. The first-order valence-corrected chi connectivity index (χ1v) is 9.85. The number of halogens is 1. The van der Waals surface area contributed by atoms with Gasteiger partial charge >= 0.3 is 5.97 Å². The van der Waals surface area contributed by atoms with Crippen LogP contribution >= 0.6 is 15.9 Å². The molecule has 0 heterocycles. The fourth-order valence-electron chi connectivity index (χ4n) is 2.49. The van der Waals surface area contributed by atoms with Gasteiger partial charge in [0, 0.05) is 21.7 Å². The van der Waals surface area contributed by atoms with Gasteiger partial charge in [-0.05, 0) is 35.0 Å². The number of ether oxygens (including phenoxy) is 3. The SMILES string of the molecule is CCOC(=O)COc1cc(Br)c(/C=N/NC(=O)Cc2ccccc2[N+](=O)[O-])cc1OC. The minimum absolute atomic E-state index is 0.132. The van der Waals surface area contributed by atoms with E-state index in [1.165, 1.54) is 31.5 Å². The third kappa shape index (κ3) is 7.07. The minimum Gasteiger partial charge on any atom is -0.493 e. The van der Waals surface area contributed by atoms with Crippen molar-refractivity contribution in [3.05, 3.63) is 62.1 Å². The lowest BCUT2D eigenvalue weighted by Crippen LogP contribution is -2.20. The Morgan fingerprint density at radius 3 is 2.68 bits per heavy atom. The topological polar surface area (TPSA) is 129 Å². The van der Waals surface area contributed by atoms with Crippen molar-refractivity contribution in [3.63, 3.8) is 0 Å². The molecule has 0 aliphatic heterocycles. The average Bonchev–Trinajstić information content (AvgIpc) is 2.74. The first-order chi connectivity index (χ1) is 14.8. The quantitative estimate of drug-likeness (QED) is 0.233. The summed E-state index contributed by atoms with van der Waals surface area (Å²) < 4.78 is 16.1. The van der Waals surface area contributed by atoms with Gasteiger partial charge in [-0.1, -0.05) is 18.2 Å². The van der Waals surface area contributed by atoms with Gasteiger partial charge in [0.1, 0.15) is 0 Å². The molecule has 11 heteroatoms. The summed E-state index contributed by atoms with van der Waals surface area (Å²) >= 11 is 3.36. The van der Waals surface area contributed by atoms with Crippen LogP contribution in [0.3, 0.4) is 0 Å². The van der Waals surface area contributed by atoms with Crippen molar-refractivity contribution in [1.29, 1.82) is 0 Å². The van der Waals surface area contributed by atoms with Crippen LogP contribution in [0.15, 0.2) is 46.0 Å². The number of hydrazone groups is 1. The Morgan fingerprint density at radius 1 is 1.26 bits per heavy atom. The van der Waals surface area contributed by atoms with E-state index in [-0.39, 0.29) is 30.9 Å². The predicted molar refractivity (Wildman–Crippen MR) is 115 cm³/mol. The highest BCUT2D eigenvalue weighted by Crippen LogP contribution is 2.33. The molecule has 1 amide bonds. The third-order valence-electron chi connectivity index (χ3n) is 3.87. The number of benzene rings is 2. The number of nitro benzene ring substituents is 1. The monoisotopic (exact) mass is 493 g/mol. The number of nitro groups is 1. The molecular formula is C20H20BrN3O7. The van der Waals surface area contributed by atoms with E-state index in [1.54, 1.807) is 25.1 Å². The Morgan fingerprint density at radius 2 is 2.00 bits per heavy atom. The van der Waals surface area contributed by atoms with Crippen LogP contribution in [0.1, 0.15) is 18.1 Å². The van der Waals surface area contributed by atoms with E-state index in [4.69, 9.17) is 14.2 Å². The van der Waals surface area contributed by atoms with Gasteiger partial charge in [0.05, 0.1) is 31.3 Å². The van der Waals surface area contributed by atoms with E-state index in [0.717, 1.165) is 0 Å². The van der Waals surface area contributed by atoms with Crippen LogP contribution in [-0.4, -0.2) is 43.3 Å². The van der Waals surface area contributed by atoms with Gasteiger partial charge in [-0.25, -0.2) is 10.2 Å². The van der Waals surface area contributed by atoms with Gasteiger partial charge in [0.25, 0.3) is 5.69 Å². The summed E-state index contributed by atoms with van der Waals surface area (Å²) in [6.07, 6.45) is 1.18. The standard InChI is InChI=1S/C20H20BrN3O7/c1-3-30-20(26)12-31-18-10-15(21)14(8-17(18)29-2)11-22-23-19(25)9-13-6-4-5-7-16(13)24(27)28/h4-8,10-11H,3,9,12H2,1-2H3,(H,23,25)/b22-11+. The second kappa shape index (κ2) is 11.6. The number of carbonyl (C=O) groups excluding carboxylic acids is 2. The van der Waals surface area contributed by atoms with E-state index < -0.39 is 16.8 Å². The molecule has 0 aliphatic carbocycles. The Hall–Kier alpha value is -3.47. The molecule has 0 atom stereocenters. The summed E-state index contributed by atoms with van der Waals surface area (Å²) in [4.78, 5) is 34.1. The molecule has 0 spiro atoms. The number of hydrogen-bond acceptors (Lipinski definition) is 8. The second-order valence-electron chi connectivity index (χ2n) is 5.97. The lowest BCUT2D eigenvalue weighted by Gasteiger charge is -2.12. The number of nitrogens with zero attached hydrogens (tertiary/aromatic N) is 2. The van der Waals surface area contributed by atoms with E-state index in [0.29, 0.717) is 21.5 Å². The zero-order chi connectivity index (χ0) is 22.8. The van der Waals surface area contributed by atoms with E-state index in [9.17, 15) is 19.7 Å². The highest BCUT2D eigenvalue weighted by molar-refractivity contribution is 9.10.